The van der Waals surface area contributed by atoms with Gasteiger partial charge in [0.1, 0.15) is 18.7 Å². The Labute approximate surface area is 206 Å². The van der Waals surface area contributed by atoms with Crippen LogP contribution in [0.15, 0.2) is 60.9 Å². The topological polar surface area (TPSA) is 114 Å². The summed E-state index contributed by atoms with van der Waals surface area (Å²) >= 11 is 1.36. The van der Waals surface area contributed by atoms with Crippen LogP contribution in [-0.4, -0.2) is 62.0 Å². The van der Waals surface area contributed by atoms with Crippen LogP contribution < -0.4 is 5.32 Å². The Morgan fingerprint density at radius 1 is 1.14 bits per heavy atom. The van der Waals surface area contributed by atoms with Crippen molar-refractivity contribution in [2.75, 3.05) is 18.2 Å². The number of rotatable bonds is 6. The molecule has 9 nitrogen and oxygen atoms in total. The molecular formula is C25H24N4O5S. The summed E-state index contributed by atoms with van der Waals surface area (Å²) in [6.45, 7) is 0.102. The molecule has 10 heteroatoms. The lowest BCUT2D eigenvalue weighted by Crippen LogP contribution is -2.48. The van der Waals surface area contributed by atoms with Crippen molar-refractivity contribution in [1.29, 1.82) is 0 Å². The molecule has 2 amide bonds. The number of alkyl carbamates (subject to hydrolysis) is 1. The van der Waals surface area contributed by atoms with Gasteiger partial charge in [0.05, 0.1) is 12.1 Å². The SMILES string of the molecule is Cn1cc(C(NC(=O)OCC2c3ccccc3-c3ccccc32)C(=O)N2CSC[C@H]2C(=O)O)cn1. The normalized spacial score (nSPS) is 17.5. The predicted molar refractivity (Wildman–Crippen MR) is 130 cm³/mol. The second-order valence-corrected chi connectivity index (χ2v) is 9.51. The number of aromatic nitrogens is 2. The Morgan fingerprint density at radius 3 is 2.40 bits per heavy atom. The van der Waals surface area contributed by atoms with Gasteiger partial charge in [0.25, 0.3) is 5.91 Å². The fraction of sp³-hybridized carbons (Fsp3) is 0.280. The van der Waals surface area contributed by atoms with E-state index in [1.54, 1.807) is 13.2 Å². The number of aryl methyl sites for hydroxylation is 1. The number of carboxylic acids is 1. The number of ether oxygens (including phenoxy) is 1. The Balaban J connectivity index is 1.33. The molecule has 3 aromatic rings. The Morgan fingerprint density at radius 2 is 1.80 bits per heavy atom. The first kappa shape index (κ1) is 23.0. The number of benzene rings is 2. The molecule has 2 N–H and O–H groups in total. The molecule has 0 spiro atoms. The van der Waals surface area contributed by atoms with Gasteiger partial charge < -0.3 is 20.1 Å². The lowest BCUT2D eigenvalue weighted by atomic mass is 9.98. The number of hydrogen-bond acceptors (Lipinski definition) is 6. The van der Waals surface area contributed by atoms with Crippen molar-refractivity contribution in [3.63, 3.8) is 0 Å². The molecule has 1 aliphatic heterocycles. The van der Waals surface area contributed by atoms with E-state index in [-0.39, 0.29) is 18.4 Å². The third-order valence-corrected chi connectivity index (χ3v) is 7.37. The van der Waals surface area contributed by atoms with Gasteiger partial charge in [-0.3, -0.25) is 9.48 Å². The van der Waals surface area contributed by atoms with Gasteiger partial charge in [0.2, 0.25) is 0 Å². The van der Waals surface area contributed by atoms with Crippen LogP contribution in [0, 0.1) is 0 Å². The van der Waals surface area contributed by atoms with Gasteiger partial charge in [0.15, 0.2) is 0 Å². The van der Waals surface area contributed by atoms with Gasteiger partial charge in [-0.15, -0.1) is 11.8 Å². The number of thioether (sulfide) groups is 1. The molecule has 1 fully saturated rings. The summed E-state index contributed by atoms with van der Waals surface area (Å²) in [5.41, 5.74) is 4.85. The van der Waals surface area contributed by atoms with Gasteiger partial charge in [-0.05, 0) is 22.3 Å². The first-order valence-corrected chi connectivity index (χ1v) is 12.3. The minimum absolute atomic E-state index is 0.102. The molecule has 1 aromatic heterocycles. The van der Waals surface area contributed by atoms with E-state index in [1.807, 2.05) is 36.4 Å². The summed E-state index contributed by atoms with van der Waals surface area (Å²) in [7, 11) is 1.70. The Kier molecular flexibility index (Phi) is 6.21. The van der Waals surface area contributed by atoms with E-state index in [4.69, 9.17) is 4.74 Å². The van der Waals surface area contributed by atoms with E-state index in [9.17, 15) is 19.5 Å². The van der Waals surface area contributed by atoms with Crippen LogP contribution in [0.3, 0.4) is 0 Å². The molecule has 35 heavy (non-hydrogen) atoms. The van der Waals surface area contributed by atoms with Crippen LogP contribution >= 0.6 is 11.8 Å². The molecule has 1 aliphatic carbocycles. The standard InChI is InChI=1S/C25H24N4O5S/c1-28-11-15(10-26-28)22(23(30)29-14-35-13-21(29)24(31)32)27-25(33)34-12-20-18-8-4-2-6-16(18)17-7-3-5-9-19(17)20/h2-11,20-22H,12-14H2,1H3,(H,27,33)(H,31,32)/t21-,22?/m0/s1. The van der Waals surface area contributed by atoms with E-state index in [2.05, 4.69) is 22.5 Å². The van der Waals surface area contributed by atoms with Gasteiger partial charge in [-0.25, -0.2) is 9.59 Å². The highest BCUT2D eigenvalue weighted by atomic mass is 32.2. The minimum Gasteiger partial charge on any atom is -0.480 e. The third-order valence-electron chi connectivity index (χ3n) is 6.36. The smallest absolute Gasteiger partial charge is 0.408 e. The fourth-order valence-electron chi connectivity index (χ4n) is 4.67. The first-order valence-electron chi connectivity index (χ1n) is 11.1. The van der Waals surface area contributed by atoms with Gasteiger partial charge in [0, 0.05) is 30.5 Å². The highest BCUT2D eigenvalue weighted by molar-refractivity contribution is 7.99. The molecule has 2 heterocycles. The largest absolute Gasteiger partial charge is 0.480 e. The Hall–Kier alpha value is -3.79. The maximum absolute atomic E-state index is 13.3. The summed E-state index contributed by atoms with van der Waals surface area (Å²) in [4.78, 5) is 39.1. The number of carbonyl (C=O) groups excluding carboxylic acids is 2. The molecule has 1 unspecified atom stereocenters. The summed E-state index contributed by atoms with van der Waals surface area (Å²) in [5, 5.41) is 16.2. The van der Waals surface area contributed by atoms with E-state index in [0.717, 1.165) is 22.3 Å². The van der Waals surface area contributed by atoms with Gasteiger partial charge >= 0.3 is 12.1 Å². The molecule has 0 radical (unpaired) electrons. The van der Waals surface area contributed by atoms with Gasteiger partial charge in [-0.2, -0.15) is 5.10 Å². The fourth-order valence-corrected chi connectivity index (χ4v) is 5.82. The zero-order valence-corrected chi connectivity index (χ0v) is 19.8. The van der Waals surface area contributed by atoms with Crippen molar-refractivity contribution >= 4 is 29.7 Å². The lowest BCUT2D eigenvalue weighted by Gasteiger charge is -2.26. The zero-order chi connectivity index (χ0) is 24.5. The van der Waals surface area contributed by atoms with E-state index < -0.39 is 30.1 Å². The maximum Gasteiger partial charge on any atom is 0.408 e. The maximum atomic E-state index is 13.3. The third kappa shape index (κ3) is 4.37. The summed E-state index contributed by atoms with van der Waals surface area (Å²) in [6, 6.07) is 14.0. The number of nitrogens with zero attached hydrogens (tertiary/aromatic N) is 3. The number of nitrogens with one attached hydrogen (secondary N) is 1. The molecule has 1 saturated heterocycles. The highest BCUT2D eigenvalue weighted by Gasteiger charge is 2.39. The average Bonchev–Trinajstić information content (AvgIpc) is 3.58. The van der Waals surface area contributed by atoms with Gasteiger partial charge in [-0.1, -0.05) is 48.5 Å². The predicted octanol–water partition coefficient (Wildman–Crippen LogP) is 2.99. The van der Waals surface area contributed by atoms with Crippen molar-refractivity contribution in [1.82, 2.24) is 20.0 Å². The number of carboxylic acid groups (broad SMARTS) is 1. The highest BCUT2D eigenvalue weighted by Crippen LogP contribution is 2.44. The van der Waals surface area contributed by atoms with Crippen LogP contribution in [0.25, 0.3) is 11.1 Å². The molecule has 2 aliphatic rings. The van der Waals surface area contributed by atoms with Crippen molar-refractivity contribution in [2.45, 2.75) is 18.0 Å². The van der Waals surface area contributed by atoms with Crippen molar-refractivity contribution in [3.8, 4) is 11.1 Å². The van der Waals surface area contributed by atoms with E-state index in [1.165, 1.54) is 27.5 Å². The summed E-state index contributed by atoms with van der Waals surface area (Å²) in [5.74, 6) is -1.17. The molecule has 0 bridgehead atoms. The number of amides is 2. The van der Waals surface area contributed by atoms with Crippen LogP contribution in [0.2, 0.25) is 0 Å². The molecule has 0 saturated carbocycles. The second-order valence-electron chi connectivity index (χ2n) is 8.51. The quantitative estimate of drug-likeness (QED) is 0.544. The second kappa shape index (κ2) is 9.46. The molecule has 5 rings (SSSR count). The number of carbonyl (C=O) groups is 3. The first-order chi connectivity index (χ1) is 16.9. The zero-order valence-electron chi connectivity index (χ0n) is 19.0. The van der Waals surface area contributed by atoms with Crippen molar-refractivity contribution < 1.29 is 24.2 Å². The number of aliphatic carboxylic acids is 1. The molecule has 2 aromatic carbocycles. The number of fused-ring (bicyclic) bond motifs is 3. The minimum atomic E-state index is -1.11. The number of hydrogen-bond donors (Lipinski definition) is 2. The van der Waals surface area contributed by atoms with Crippen molar-refractivity contribution in [3.05, 3.63) is 77.6 Å². The summed E-state index contributed by atoms with van der Waals surface area (Å²) in [6.07, 6.45) is 2.34. The van der Waals surface area contributed by atoms with Crippen LogP contribution in [0.1, 0.15) is 28.7 Å². The monoisotopic (exact) mass is 492 g/mol. The lowest BCUT2D eigenvalue weighted by molar-refractivity contribution is -0.148. The summed E-state index contributed by atoms with van der Waals surface area (Å²) < 4.78 is 7.13. The van der Waals surface area contributed by atoms with E-state index >= 15 is 0 Å². The Bertz CT molecular complexity index is 1250. The average molecular weight is 493 g/mol. The van der Waals surface area contributed by atoms with Crippen LogP contribution in [-0.2, 0) is 21.4 Å². The van der Waals surface area contributed by atoms with E-state index in [0.29, 0.717) is 11.3 Å². The molecule has 2 atom stereocenters. The van der Waals surface area contributed by atoms with Crippen molar-refractivity contribution in [2.24, 2.45) is 7.05 Å². The molecular weight excluding hydrogens is 468 g/mol. The van der Waals surface area contributed by atoms with Crippen LogP contribution in [0.4, 0.5) is 4.79 Å². The van der Waals surface area contributed by atoms with Crippen LogP contribution in [0.5, 0.6) is 0 Å². The molecule has 180 valence electrons.